The summed E-state index contributed by atoms with van der Waals surface area (Å²) in [4.78, 5) is 17.7. The molecule has 210 valence electrons. The summed E-state index contributed by atoms with van der Waals surface area (Å²) in [6, 6.07) is 48.9. The molecule has 7 aromatic rings. The number of thiophene rings is 1. The molecule has 44 heavy (non-hydrogen) atoms. The molecule has 1 aliphatic rings. The van der Waals surface area contributed by atoms with Gasteiger partial charge in [-0.25, -0.2) is 15.0 Å². The van der Waals surface area contributed by atoms with Crippen LogP contribution in [0.25, 0.3) is 66.2 Å². The molecule has 0 saturated carbocycles. The van der Waals surface area contributed by atoms with E-state index in [-0.39, 0.29) is 5.41 Å². The highest BCUT2D eigenvalue weighted by Gasteiger charge is 2.37. The summed E-state index contributed by atoms with van der Waals surface area (Å²) in [5.41, 5.74) is 10.4. The molecule has 5 aromatic carbocycles. The monoisotopic (exact) mass is 583 g/mol. The van der Waals surface area contributed by atoms with Crippen LogP contribution in [0, 0.1) is 0 Å². The van der Waals surface area contributed by atoms with Gasteiger partial charge in [0.1, 0.15) is 0 Å². The molecule has 8 rings (SSSR count). The molecule has 0 atom stereocenters. The third kappa shape index (κ3) is 4.55. The summed E-state index contributed by atoms with van der Waals surface area (Å²) >= 11 is 1.78. The average Bonchev–Trinajstić information content (AvgIpc) is 3.63. The number of rotatable bonds is 5. The number of aromatic nitrogens is 3. The lowest BCUT2D eigenvalue weighted by Crippen LogP contribution is -2.14. The van der Waals surface area contributed by atoms with Crippen molar-refractivity contribution in [2.45, 2.75) is 19.3 Å². The topological polar surface area (TPSA) is 38.7 Å². The molecule has 0 saturated heterocycles. The van der Waals surface area contributed by atoms with Crippen molar-refractivity contribution in [3.63, 3.8) is 0 Å². The predicted molar refractivity (Wildman–Crippen MR) is 182 cm³/mol. The number of hydrogen-bond donors (Lipinski definition) is 0. The molecule has 0 amide bonds. The number of benzene rings is 5. The molecule has 0 fully saturated rings. The Hall–Kier alpha value is -5.19. The smallest absolute Gasteiger partial charge is 0.174 e. The highest BCUT2D eigenvalue weighted by atomic mass is 32.1. The Kier molecular flexibility index (Phi) is 6.32. The summed E-state index contributed by atoms with van der Waals surface area (Å²) < 4.78 is 0. The van der Waals surface area contributed by atoms with Gasteiger partial charge in [-0.15, -0.1) is 11.3 Å². The Labute approximate surface area is 261 Å². The molecule has 0 spiro atoms. The largest absolute Gasteiger partial charge is 0.208 e. The van der Waals surface area contributed by atoms with Gasteiger partial charge in [-0.3, -0.25) is 0 Å². The molecular formula is C40H29N3S. The van der Waals surface area contributed by atoms with Gasteiger partial charge in [-0.1, -0.05) is 129 Å². The molecule has 0 bridgehead atoms. The molecule has 0 unspecified atom stereocenters. The van der Waals surface area contributed by atoms with Gasteiger partial charge in [-0.2, -0.15) is 0 Å². The van der Waals surface area contributed by atoms with Crippen molar-refractivity contribution in [1.82, 2.24) is 15.0 Å². The van der Waals surface area contributed by atoms with Crippen LogP contribution >= 0.6 is 11.3 Å². The number of fused-ring (bicyclic) bond motifs is 3. The van der Waals surface area contributed by atoms with E-state index in [0.717, 1.165) is 38.3 Å². The third-order valence-corrected chi connectivity index (χ3v) is 9.71. The minimum atomic E-state index is -0.0760. The standard InChI is InChI=1S/C40H29N3S/c1-40(2)33-21-13-12-20-32(33)36-34(40)25-35(44-36)39-42-37(28-18-10-5-11-19-28)41-38(43-39)31-23-29(26-14-6-3-7-15-26)22-30(24-31)27-16-8-4-9-17-27/h3-25H,1-2H3. The highest BCUT2D eigenvalue weighted by molar-refractivity contribution is 7.19. The van der Waals surface area contributed by atoms with Gasteiger partial charge in [0.05, 0.1) is 4.88 Å². The maximum Gasteiger partial charge on any atom is 0.174 e. The summed E-state index contributed by atoms with van der Waals surface area (Å²) in [5.74, 6) is 2.04. The van der Waals surface area contributed by atoms with Gasteiger partial charge in [0.2, 0.25) is 0 Å². The molecule has 3 nitrogen and oxygen atoms in total. The van der Waals surface area contributed by atoms with E-state index >= 15 is 0 Å². The lowest BCUT2D eigenvalue weighted by atomic mass is 9.83. The first kappa shape index (κ1) is 26.4. The van der Waals surface area contributed by atoms with Gasteiger partial charge in [0.25, 0.3) is 0 Å². The molecule has 1 aliphatic carbocycles. The van der Waals surface area contributed by atoms with Gasteiger partial charge in [0.15, 0.2) is 17.5 Å². The maximum absolute atomic E-state index is 5.17. The Bertz CT molecular complexity index is 2070. The first-order valence-electron chi connectivity index (χ1n) is 14.9. The first-order chi connectivity index (χ1) is 21.5. The van der Waals surface area contributed by atoms with Crippen LogP contribution in [0.4, 0.5) is 0 Å². The normalized spacial score (nSPS) is 13.0. The highest BCUT2D eigenvalue weighted by Crippen LogP contribution is 2.53. The average molecular weight is 584 g/mol. The van der Waals surface area contributed by atoms with Crippen molar-refractivity contribution in [3.8, 4) is 66.2 Å². The predicted octanol–water partition coefficient (Wildman–Crippen LogP) is 10.6. The van der Waals surface area contributed by atoms with Crippen LogP contribution in [0.2, 0.25) is 0 Å². The van der Waals surface area contributed by atoms with Gasteiger partial charge in [-0.05, 0) is 63.2 Å². The van der Waals surface area contributed by atoms with Gasteiger partial charge in [0, 0.05) is 21.4 Å². The van der Waals surface area contributed by atoms with Crippen molar-refractivity contribution in [2.24, 2.45) is 0 Å². The van der Waals surface area contributed by atoms with E-state index in [1.165, 1.54) is 21.6 Å². The van der Waals surface area contributed by atoms with Gasteiger partial charge < -0.3 is 0 Å². The quantitative estimate of drug-likeness (QED) is 0.202. The van der Waals surface area contributed by atoms with E-state index < -0.39 is 0 Å². The first-order valence-corrected chi connectivity index (χ1v) is 15.7. The second-order valence-corrected chi connectivity index (χ2v) is 12.8. The fourth-order valence-corrected chi connectivity index (χ4v) is 7.51. The molecule has 0 N–H and O–H groups in total. The second kappa shape index (κ2) is 10.5. The minimum Gasteiger partial charge on any atom is -0.208 e. The van der Waals surface area contributed by atoms with Crippen LogP contribution in [0.3, 0.4) is 0 Å². The van der Waals surface area contributed by atoms with Crippen molar-refractivity contribution >= 4 is 11.3 Å². The second-order valence-electron chi connectivity index (χ2n) is 11.7. The van der Waals surface area contributed by atoms with Crippen LogP contribution in [-0.4, -0.2) is 15.0 Å². The van der Waals surface area contributed by atoms with Crippen LogP contribution in [-0.2, 0) is 5.41 Å². The lowest BCUT2D eigenvalue weighted by Gasteiger charge is -2.20. The van der Waals surface area contributed by atoms with Crippen molar-refractivity contribution < 1.29 is 0 Å². The van der Waals surface area contributed by atoms with Crippen molar-refractivity contribution in [1.29, 1.82) is 0 Å². The SMILES string of the molecule is CC1(C)c2ccccc2-c2sc(-c3nc(-c4ccccc4)nc(-c4cc(-c5ccccc5)cc(-c5ccccc5)c4)n3)cc21. The summed E-state index contributed by atoms with van der Waals surface area (Å²) in [6.07, 6.45) is 0. The van der Waals surface area contributed by atoms with Crippen LogP contribution in [0.5, 0.6) is 0 Å². The Morgan fingerprint density at radius 1 is 0.432 bits per heavy atom. The summed E-state index contributed by atoms with van der Waals surface area (Å²) in [5, 5.41) is 0. The Morgan fingerprint density at radius 2 is 0.909 bits per heavy atom. The minimum absolute atomic E-state index is 0.0760. The van der Waals surface area contributed by atoms with E-state index in [1.807, 2.05) is 30.3 Å². The van der Waals surface area contributed by atoms with Crippen LogP contribution in [0.1, 0.15) is 25.0 Å². The molecule has 0 aliphatic heterocycles. The zero-order valence-corrected chi connectivity index (χ0v) is 25.3. The van der Waals surface area contributed by atoms with E-state index in [4.69, 9.17) is 15.0 Å². The van der Waals surface area contributed by atoms with Crippen molar-refractivity contribution in [2.75, 3.05) is 0 Å². The number of nitrogens with zero attached hydrogens (tertiary/aromatic N) is 3. The molecule has 0 radical (unpaired) electrons. The Morgan fingerprint density at radius 3 is 1.52 bits per heavy atom. The lowest BCUT2D eigenvalue weighted by molar-refractivity contribution is 0.662. The fraction of sp³-hybridized carbons (Fsp3) is 0.0750. The van der Waals surface area contributed by atoms with E-state index in [2.05, 4.69) is 123 Å². The van der Waals surface area contributed by atoms with Crippen LogP contribution in [0.15, 0.2) is 140 Å². The van der Waals surface area contributed by atoms with E-state index in [1.54, 1.807) is 11.3 Å². The summed E-state index contributed by atoms with van der Waals surface area (Å²) in [6.45, 7) is 4.62. The molecular weight excluding hydrogens is 555 g/mol. The number of hydrogen-bond acceptors (Lipinski definition) is 4. The molecule has 2 heterocycles. The van der Waals surface area contributed by atoms with E-state index in [0.29, 0.717) is 17.5 Å². The van der Waals surface area contributed by atoms with E-state index in [9.17, 15) is 0 Å². The van der Waals surface area contributed by atoms with Gasteiger partial charge >= 0.3 is 0 Å². The zero-order valence-electron chi connectivity index (χ0n) is 24.5. The molecule has 2 aromatic heterocycles. The summed E-state index contributed by atoms with van der Waals surface area (Å²) in [7, 11) is 0. The van der Waals surface area contributed by atoms with Crippen LogP contribution < -0.4 is 0 Å². The van der Waals surface area contributed by atoms with Crippen molar-refractivity contribution in [3.05, 3.63) is 151 Å². The zero-order chi connectivity index (χ0) is 29.7. The maximum atomic E-state index is 5.17. The Balaban J connectivity index is 1.34. The molecule has 4 heteroatoms. The fourth-order valence-electron chi connectivity index (χ4n) is 6.22. The third-order valence-electron chi connectivity index (χ3n) is 8.54.